The molecule has 0 spiro atoms. The summed E-state index contributed by atoms with van der Waals surface area (Å²) in [6.45, 7) is 0. The van der Waals surface area contributed by atoms with E-state index in [1.54, 1.807) is 24.8 Å². The van der Waals surface area contributed by atoms with Gasteiger partial charge in [0.15, 0.2) is 0 Å². The zero-order valence-corrected chi connectivity index (χ0v) is 6.92. The molecule has 0 unspecified atom stereocenters. The number of nitrogens with zero attached hydrogens (tertiary/aromatic N) is 2. The van der Waals surface area contributed by atoms with Crippen LogP contribution in [0.15, 0.2) is 30.9 Å². The van der Waals surface area contributed by atoms with E-state index in [1.807, 2.05) is 6.07 Å². The maximum atomic E-state index is 5.77. The molecule has 1 N–H and O–H groups in total. The first kappa shape index (κ1) is 7.31. The molecule has 0 bridgehead atoms. The van der Waals surface area contributed by atoms with Gasteiger partial charge in [0.05, 0.1) is 11.2 Å². The van der Waals surface area contributed by atoms with E-state index in [0.29, 0.717) is 5.02 Å². The largest absolute Gasteiger partial charge is 0.285 e. The number of H-pyrrole nitrogens is 1. The zero-order valence-electron chi connectivity index (χ0n) is 6.16. The molecule has 0 aliphatic heterocycles. The van der Waals surface area contributed by atoms with Crippen LogP contribution >= 0.6 is 11.6 Å². The van der Waals surface area contributed by atoms with Gasteiger partial charge in [-0.25, -0.2) is 0 Å². The highest BCUT2D eigenvalue weighted by molar-refractivity contribution is 6.30. The van der Waals surface area contributed by atoms with E-state index in [4.69, 9.17) is 11.6 Å². The maximum Gasteiger partial charge on any atom is 0.0595 e. The van der Waals surface area contributed by atoms with Crippen LogP contribution in [0.5, 0.6) is 0 Å². The summed E-state index contributed by atoms with van der Waals surface area (Å²) in [4.78, 5) is 3.97. The van der Waals surface area contributed by atoms with Crippen LogP contribution < -0.4 is 0 Å². The van der Waals surface area contributed by atoms with Gasteiger partial charge in [-0.1, -0.05) is 11.6 Å². The van der Waals surface area contributed by atoms with Crippen LogP contribution in [-0.2, 0) is 0 Å². The van der Waals surface area contributed by atoms with Gasteiger partial charge in [0, 0.05) is 29.7 Å². The summed E-state index contributed by atoms with van der Waals surface area (Å²) in [5.41, 5.74) is 1.96. The minimum atomic E-state index is 0.633. The number of hydrogen-bond donors (Lipinski definition) is 1. The molecule has 0 fully saturated rings. The van der Waals surface area contributed by atoms with Crippen LogP contribution in [0, 0.1) is 0 Å². The van der Waals surface area contributed by atoms with Gasteiger partial charge in [0.2, 0.25) is 0 Å². The minimum Gasteiger partial charge on any atom is -0.285 e. The summed E-state index contributed by atoms with van der Waals surface area (Å²) >= 11 is 5.77. The number of aromatic nitrogens is 3. The molecule has 0 radical (unpaired) electrons. The summed E-state index contributed by atoms with van der Waals surface area (Å²) in [7, 11) is 0. The van der Waals surface area contributed by atoms with Gasteiger partial charge in [0.1, 0.15) is 0 Å². The van der Waals surface area contributed by atoms with Crippen molar-refractivity contribution >= 4 is 11.6 Å². The van der Waals surface area contributed by atoms with Gasteiger partial charge in [-0.05, 0) is 6.07 Å². The lowest BCUT2D eigenvalue weighted by Crippen LogP contribution is -1.76. The third-order valence-corrected chi connectivity index (χ3v) is 1.74. The lowest BCUT2D eigenvalue weighted by Gasteiger charge is -1.94. The van der Waals surface area contributed by atoms with Gasteiger partial charge in [-0.15, -0.1) is 0 Å². The molecule has 4 heteroatoms. The Balaban J connectivity index is 2.48. The molecule has 0 atom stereocenters. The van der Waals surface area contributed by atoms with Crippen LogP contribution in [0.2, 0.25) is 5.02 Å². The highest BCUT2D eigenvalue weighted by Gasteiger charge is 1.98. The monoisotopic (exact) mass is 179 g/mol. The third-order valence-electron chi connectivity index (χ3n) is 1.54. The Labute approximate surface area is 74.4 Å². The van der Waals surface area contributed by atoms with E-state index in [0.717, 1.165) is 11.1 Å². The van der Waals surface area contributed by atoms with Crippen molar-refractivity contribution in [3.8, 4) is 11.1 Å². The molecule has 3 nitrogen and oxygen atoms in total. The summed E-state index contributed by atoms with van der Waals surface area (Å²) in [6.07, 6.45) is 6.88. The second-order valence-electron chi connectivity index (χ2n) is 2.38. The Hall–Kier alpha value is -1.35. The molecule has 2 rings (SSSR count). The van der Waals surface area contributed by atoms with Crippen molar-refractivity contribution in [1.29, 1.82) is 0 Å². The van der Waals surface area contributed by atoms with E-state index in [9.17, 15) is 0 Å². The lowest BCUT2D eigenvalue weighted by molar-refractivity contribution is 1.09. The predicted molar refractivity (Wildman–Crippen MR) is 46.8 cm³/mol. The van der Waals surface area contributed by atoms with Crippen LogP contribution in [-0.4, -0.2) is 15.2 Å². The highest BCUT2D eigenvalue weighted by Crippen LogP contribution is 2.19. The van der Waals surface area contributed by atoms with Crippen molar-refractivity contribution in [2.45, 2.75) is 0 Å². The predicted octanol–water partition coefficient (Wildman–Crippen LogP) is 2.13. The van der Waals surface area contributed by atoms with Crippen molar-refractivity contribution < 1.29 is 0 Å². The second-order valence-corrected chi connectivity index (χ2v) is 2.82. The molecule has 12 heavy (non-hydrogen) atoms. The molecular weight excluding hydrogens is 174 g/mol. The smallest absolute Gasteiger partial charge is 0.0595 e. The molecular formula is C8H6ClN3. The second kappa shape index (κ2) is 2.95. The Morgan fingerprint density at radius 2 is 2.08 bits per heavy atom. The van der Waals surface area contributed by atoms with E-state index < -0.39 is 0 Å². The van der Waals surface area contributed by atoms with Crippen LogP contribution in [0.25, 0.3) is 11.1 Å². The number of rotatable bonds is 1. The molecule has 0 saturated heterocycles. The average Bonchev–Trinajstić information content (AvgIpc) is 2.56. The fourth-order valence-electron chi connectivity index (χ4n) is 0.978. The van der Waals surface area contributed by atoms with Gasteiger partial charge in [-0.2, -0.15) is 5.10 Å². The number of nitrogens with one attached hydrogen (secondary N) is 1. The molecule has 0 amide bonds. The van der Waals surface area contributed by atoms with Crippen molar-refractivity contribution in [3.05, 3.63) is 35.9 Å². The van der Waals surface area contributed by atoms with E-state index in [-0.39, 0.29) is 0 Å². The Bertz CT molecular complexity index is 370. The first-order valence-corrected chi connectivity index (χ1v) is 3.84. The summed E-state index contributed by atoms with van der Waals surface area (Å²) < 4.78 is 0. The molecule has 0 saturated carbocycles. The molecule has 60 valence electrons. The Kier molecular flexibility index (Phi) is 1.80. The van der Waals surface area contributed by atoms with E-state index in [1.165, 1.54) is 0 Å². The number of aromatic amines is 1. The number of pyridine rings is 1. The highest BCUT2D eigenvalue weighted by atomic mass is 35.5. The molecule has 2 aromatic rings. The van der Waals surface area contributed by atoms with Crippen molar-refractivity contribution in [2.75, 3.05) is 0 Å². The first-order valence-electron chi connectivity index (χ1n) is 3.46. The molecule has 0 aliphatic rings. The summed E-state index contributed by atoms with van der Waals surface area (Å²) in [6, 6.07) is 1.85. The normalized spacial score (nSPS) is 10.1. The summed E-state index contributed by atoms with van der Waals surface area (Å²) in [5.74, 6) is 0. The van der Waals surface area contributed by atoms with Gasteiger partial charge < -0.3 is 0 Å². The minimum absolute atomic E-state index is 0.633. The fraction of sp³-hybridized carbons (Fsp3) is 0. The maximum absolute atomic E-state index is 5.77. The van der Waals surface area contributed by atoms with Crippen molar-refractivity contribution in [3.63, 3.8) is 0 Å². The van der Waals surface area contributed by atoms with Gasteiger partial charge >= 0.3 is 0 Å². The van der Waals surface area contributed by atoms with Gasteiger partial charge in [0.25, 0.3) is 0 Å². The fourth-order valence-corrected chi connectivity index (χ4v) is 1.15. The quantitative estimate of drug-likeness (QED) is 0.729. The standard InChI is InChI=1S/C8H6ClN3/c9-8-1-6(2-10-5-8)7-3-11-12-4-7/h1-5H,(H,11,12). The number of hydrogen-bond acceptors (Lipinski definition) is 2. The SMILES string of the molecule is Clc1cncc(-c2cn[nH]c2)c1. The van der Waals surface area contributed by atoms with Crippen LogP contribution in [0.1, 0.15) is 0 Å². The van der Waals surface area contributed by atoms with Crippen LogP contribution in [0.4, 0.5) is 0 Å². The zero-order chi connectivity index (χ0) is 8.39. The molecule has 0 aromatic carbocycles. The van der Waals surface area contributed by atoms with E-state index in [2.05, 4.69) is 15.2 Å². The first-order chi connectivity index (χ1) is 5.86. The van der Waals surface area contributed by atoms with Gasteiger partial charge in [-0.3, -0.25) is 10.1 Å². The molecule has 0 aliphatic carbocycles. The Morgan fingerprint density at radius 3 is 2.75 bits per heavy atom. The van der Waals surface area contributed by atoms with Crippen molar-refractivity contribution in [2.24, 2.45) is 0 Å². The summed E-state index contributed by atoms with van der Waals surface area (Å²) in [5, 5.41) is 7.19. The average molecular weight is 180 g/mol. The Morgan fingerprint density at radius 1 is 1.17 bits per heavy atom. The topological polar surface area (TPSA) is 41.6 Å². The molecule has 2 aromatic heterocycles. The van der Waals surface area contributed by atoms with Crippen molar-refractivity contribution in [1.82, 2.24) is 15.2 Å². The van der Waals surface area contributed by atoms with Crippen LogP contribution in [0.3, 0.4) is 0 Å². The third kappa shape index (κ3) is 1.31. The lowest BCUT2D eigenvalue weighted by atomic mass is 10.2. The van der Waals surface area contributed by atoms with E-state index >= 15 is 0 Å². The number of halogens is 1. The molecule has 2 heterocycles.